The third-order valence-electron chi connectivity index (χ3n) is 4.74. The van der Waals surface area contributed by atoms with Crippen molar-refractivity contribution in [2.24, 2.45) is 0 Å². The average Bonchev–Trinajstić information content (AvgIpc) is 2.64. The van der Waals surface area contributed by atoms with Crippen molar-refractivity contribution in [1.82, 2.24) is 14.9 Å². The van der Waals surface area contributed by atoms with Crippen LogP contribution in [0.3, 0.4) is 0 Å². The highest BCUT2D eigenvalue weighted by Crippen LogP contribution is 2.43. The first-order valence-electron chi connectivity index (χ1n) is 9.43. The van der Waals surface area contributed by atoms with Crippen LogP contribution in [-0.4, -0.2) is 62.3 Å². The zero-order valence-electron chi connectivity index (χ0n) is 17.8. The van der Waals surface area contributed by atoms with Crippen molar-refractivity contribution in [1.29, 1.82) is 0 Å². The van der Waals surface area contributed by atoms with Gasteiger partial charge in [-0.15, -0.1) is 0 Å². The molecule has 2 aromatic rings. The number of nitrogens with zero attached hydrogens (tertiary/aromatic N) is 3. The van der Waals surface area contributed by atoms with Gasteiger partial charge >= 0.3 is 21.2 Å². The first-order valence-corrected chi connectivity index (χ1v) is 13.0. The van der Waals surface area contributed by atoms with E-state index in [9.17, 15) is 48.8 Å². The van der Waals surface area contributed by atoms with E-state index >= 15 is 0 Å². The minimum atomic E-state index is -4.55. The van der Waals surface area contributed by atoms with E-state index in [0.29, 0.717) is 0 Å². The van der Waals surface area contributed by atoms with E-state index < -0.39 is 40.0 Å². The van der Waals surface area contributed by atoms with Gasteiger partial charge in [0.05, 0.1) is 30.3 Å². The van der Waals surface area contributed by atoms with Crippen LogP contribution in [0.25, 0.3) is 0 Å². The monoisotopic (exact) mass is 505 g/mol. The number of hydrogen-bond acceptors (Lipinski definition) is 8. The molecule has 0 bridgehead atoms. The highest BCUT2D eigenvalue weighted by Gasteiger charge is 2.26. The molecule has 0 aromatic carbocycles. The lowest BCUT2D eigenvalue weighted by atomic mass is 10.1. The molecule has 0 aliphatic carbocycles. The summed E-state index contributed by atoms with van der Waals surface area (Å²) >= 11 is 0. The quantitative estimate of drug-likeness (QED) is 0.224. The Balaban J connectivity index is 2.54. The second-order valence-electron chi connectivity index (χ2n) is 7.58. The molecular formula is C18H25N3O10P2. The molecule has 2 heterocycles. The van der Waals surface area contributed by atoms with E-state index in [0.717, 1.165) is 0 Å². The van der Waals surface area contributed by atoms with Gasteiger partial charge in [-0.3, -0.25) is 28.8 Å². The molecule has 2 aromatic heterocycles. The standard InChI is InChI=1S/C18H25N3O10P2/c1-10-17(24)14(12(3-19-10)8-32(26,27)28)5-21(7-16(22)23)6-15-13(9-33(29,30)31)4-20-11(2)18(15)25/h3-4,24-25H,5-9H2,1-2H3,(H,22,23)(H2,26,27,28)(H2,29,30,31). The van der Waals surface area contributed by atoms with Crippen LogP contribution >= 0.6 is 15.2 Å². The van der Waals surface area contributed by atoms with Crippen molar-refractivity contribution in [3.63, 3.8) is 0 Å². The highest BCUT2D eigenvalue weighted by molar-refractivity contribution is 7.51. The number of rotatable bonds is 10. The van der Waals surface area contributed by atoms with Gasteiger partial charge in [-0.2, -0.15) is 0 Å². The van der Waals surface area contributed by atoms with Crippen molar-refractivity contribution in [3.8, 4) is 11.5 Å². The lowest BCUT2D eigenvalue weighted by Crippen LogP contribution is -2.30. The average molecular weight is 505 g/mol. The Hall–Kier alpha value is -2.37. The first kappa shape index (κ1) is 26.9. The predicted molar refractivity (Wildman–Crippen MR) is 115 cm³/mol. The lowest BCUT2D eigenvalue weighted by Gasteiger charge is -2.25. The Morgan fingerprint density at radius 3 is 1.52 bits per heavy atom. The Morgan fingerprint density at radius 1 is 0.848 bits per heavy atom. The summed E-state index contributed by atoms with van der Waals surface area (Å²) in [6.45, 7) is 1.67. The van der Waals surface area contributed by atoms with Gasteiger partial charge in [-0.25, -0.2) is 0 Å². The molecule has 0 fully saturated rings. The lowest BCUT2D eigenvalue weighted by molar-refractivity contribution is -0.138. The molecule has 0 saturated heterocycles. The van der Waals surface area contributed by atoms with Gasteiger partial charge < -0.3 is 34.9 Å². The third kappa shape index (κ3) is 7.86. The molecule has 0 aliphatic heterocycles. The minimum absolute atomic E-state index is 0.00685. The van der Waals surface area contributed by atoms with Crippen LogP contribution in [0.4, 0.5) is 0 Å². The second-order valence-corrected chi connectivity index (χ2v) is 10.9. The summed E-state index contributed by atoms with van der Waals surface area (Å²) in [5.74, 6) is -2.03. The van der Waals surface area contributed by atoms with Crippen molar-refractivity contribution < 1.29 is 48.8 Å². The molecule has 0 amide bonds. The topological polar surface area (TPSA) is 222 Å². The summed E-state index contributed by atoms with van der Waals surface area (Å²) in [6, 6.07) is 0. The number of pyridine rings is 2. The molecule has 0 spiro atoms. The number of hydrogen-bond donors (Lipinski definition) is 7. The third-order valence-corrected chi connectivity index (χ3v) is 6.24. The van der Waals surface area contributed by atoms with Gasteiger partial charge in [-0.1, -0.05) is 0 Å². The van der Waals surface area contributed by atoms with Gasteiger partial charge in [0.2, 0.25) is 0 Å². The Bertz CT molecular complexity index is 1060. The molecule has 182 valence electrons. The predicted octanol–water partition coefficient (Wildman–Crippen LogP) is 0.947. The van der Waals surface area contributed by atoms with Crippen LogP contribution in [0.15, 0.2) is 12.4 Å². The number of aromatic hydroxyl groups is 2. The zero-order chi connectivity index (χ0) is 25.1. The molecular weight excluding hydrogens is 480 g/mol. The smallest absolute Gasteiger partial charge is 0.329 e. The fraction of sp³-hybridized carbons (Fsp3) is 0.389. The van der Waals surface area contributed by atoms with Crippen molar-refractivity contribution in [3.05, 3.63) is 46.0 Å². The molecule has 0 aliphatic rings. The summed E-state index contributed by atoms with van der Waals surface area (Å²) in [4.78, 5) is 57.9. The van der Waals surface area contributed by atoms with Crippen LogP contribution in [0.1, 0.15) is 33.6 Å². The summed E-state index contributed by atoms with van der Waals surface area (Å²) < 4.78 is 23.1. The highest BCUT2D eigenvalue weighted by atomic mass is 31.2. The van der Waals surface area contributed by atoms with E-state index in [2.05, 4.69) is 9.97 Å². The van der Waals surface area contributed by atoms with Crippen molar-refractivity contribution in [2.45, 2.75) is 39.3 Å². The maximum absolute atomic E-state index is 11.5. The van der Waals surface area contributed by atoms with Crippen molar-refractivity contribution >= 4 is 21.2 Å². The van der Waals surface area contributed by atoms with Crippen LogP contribution < -0.4 is 0 Å². The van der Waals surface area contributed by atoms with Crippen LogP contribution in [-0.2, 0) is 39.3 Å². The van der Waals surface area contributed by atoms with Crippen LogP contribution in [0.2, 0.25) is 0 Å². The van der Waals surface area contributed by atoms with Gasteiger partial charge in [0, 0.05) is 36.6 Å². The molecule has 15 heteroatoms. The Morgan fingerprint density at radius 2 is 1.21 bits per heavy atom. The summed E-state index contributed by atoms with van der Waals surface area (Å²) in [6.07, 6.45) is 0.867. The maximum Gasteiger partial charge on any atom is 0.329 e. The number of carboxylic acids is 1. The fourth-order valence-electron chi connectivity index (χ4n) is 3.24. The minimum Gasteiger partial charge on any atom is -0.506 e. The molecule has 0 unspecified atom stereocenters. The molecule has 2 rings (SSSR count). The van der Waals surface area contributed by atoms with E-state index in [1.54, 1.807) is 0 Å². The summed E-state index contributed by atoms with van der Waals surface area (Å²) in [5.41, 5.74) is 0.390. The van der Waals surface area contributed by atoms with Gasteiger partial charge in [0.25, 0.3) is 0 Å². The number of aliphatic carboxylic acids is 1. The number of aromatic nitrogens is 2. The molecule has 33 heavy (non-hydrogen) atoms. The zero-order valence-corrected chi connectivity index (χ0v) is 19.6. The molecule has 0 saturated carbocycles. The maximum atomic E-state index is 11.5. The van der Waals surface area contributed by atoms with E-state index in [1.807, 2.05) is 0 Å². The van der Waals surface area contributed by atoms with Crippen LogP contribution in [0.5, 0.6) is 11.5 Å². The van der Waals surface area contributed by atoms with E-state index in [1.165, 1.54) is 31.1 Å². The SMILES string of the molecule is Cc1ncc(CP(=O)(O)O)c(CN(CC(=O)O)Cc2c(CP(=O)(O)O)cnc(C)c2O)c1O. The molecule has 13 nitrogen and oxygen atoms in total. The second kappa shape index (κ2) is 10.3. The molecule has 0 radical (unpaired) electrons. The van der Waals surface area contributed by atoms with E-state index in [-0.39, 0.29) is 58.2 Å². The molecule has 0 atom stereocenters. The fourth-order valence-corrected chi connectivity index (χ4v) is 4.68. The van der Waals surface area contributed by atoms with Gasteiger partial charge in [-0.05, 0) is 25.0 Å². The Kier molecular flexibility index (Phi) is 8.36. The summed E-state index contributed by atoms with van der Waals surface area (Å²) in [5, 5.41) is 30.3. The Labute approximate surface area is 188 Å². The number of carboxylic acid groups (broad SMARTS) is 1. The number of carbonyl (C=O) groups is 1. The van der Waals surface area contributed by atoms with Crippen molar-refractivity contribution in [2.75, 3.05) is 6.54 Å². The van der Waals surface area contributed by atoms with Gasteiger partial charge in [0.1, 0.15) is 11.5 Å². The normalized spacial score (nSPS) is 12.3. The number of aryl methyl sites for hydroxylation is 2. The molecule has 7 N–H and O–H groups in total. The van der Waals surface area contributed by atoms with Gasteiger partial charge in [0.15, 0.2) is 0 Å². The van der Waals surface area contributed by atoms with E-state index in [4.69, 9.17) is 0 Å². The first-order chi connectivity index (χ1) is 15.1. The largest absolute Gasteiger partial charge is 0.506 e. The summed E-state index contributed by atoms with van der Waals surface area (Å²) in [7, 11) is -9.11. The van der Waals surface area contributed by atoms with Crippen LogP contribution in [0, 0.1) is 13.8 Å².